The summed E-state index contributed by atoms with van der Waals surface area (Å²) < 4.78 is 14.3. The lowest BCUT2D eigenvalue weighted by molar-refractivity contribution is 0.604. The third-order valence-electron chi connectivity index (χ3n) is 2.52. The summed E-state index contributed by atoms with van der Waals surface area (Å²) in [5.74, 6) is -0.307. The molecule has 1 heterocycles. The van der Waals surface area contributed by atoms with E-state index in [1.807, 2.05) is 6.92 Å². The van der Waals surface area contributed by atoms with Crippen LogP contribution in [0.5, 0.6) is 0 Å². The fraction of sp³-hybridized carbons (Fsp3) is 0.364. The minimum atomic E-state index is -0.307. The molecule has 0 saturated carbocycles. The molecule has 1 aromatic carbocycles. The van der Waals surface area contributed by atoms with Crippen molar-refractivity contribution in [2.75, 3.05) is 13.1 Å². The van der Waals surface area contributed by atoms with Crippen molar-refractivity contribution in [1.82, 2.24) is 5.32 Å². The predicted octanol–water partition coefficient (Wildman–Crippen LogP) is 3.02. The first-order valence-electron chi connectivity index (χ1n) is 5.02. The molecule has 2 rings (SSSR count). The van der Waals surface area contributed by atoms with Crippen molar-refractivity contribution < 1.29 is 4.39 Å². The van der Waals surface area contributed by atoms with Crippen LogP contribution in [0, 0.1) is 5.82 Å². The molecule has 0 fully saturated rings. The minimum Gasteiger partial charge on any atom is -0.307 e. The van der Waals surface area contributed by atoms with Crippen molar-refractivity contribution in [1.29, 1.82) is 0 Å². The molecule has 1 unspecified atom stereocenters. The molecule has 16 heavy (non-hydrogen) atoms. The summed E-state index contributed by atoms with van der Waals surface area (Å²) in [6.45, 7) is 3.46. The molecule has 1 aromatic rings. The SMILES string of the molecule is CC1NCCN=C1c1cc(Cl)cc(Br)c1F. The highest BCUT2D eigenvalue weighted by atomic mass is 79.9. The summed E-state index contributed by atoms with van der Waals surface area (Å²) in [6, 6.07) is 3.21. The molecule has 0 radical (unpaired) electrons. The van der Waals surface area contributed by atoms with Gasteiger partial charge in [0, 0.05) is 23.2 Å². The summed E-state index contributed by atoms with van der Waals surface area (Å²) in [5.41, 5.74) is 1.20. The summed E-state index contributed by atoms with van der Waals surface area (Å²) in [5, 5.41) is 3.74. The normalized spacial score (nSPS) is 20.8. The fourth-order valence-electron chi connectivity index (χ4n) is 1.75. The molecule has 0 amide bonds. The van der Waals surface area contributed by atoms with E-state index in [1.165, 1.54) is 0 Å². The molecule has 2 nitrogen and oxygen atoms in total. The van der Waals surface area contributed by atoms with Crippen LogP contribution in [-0.2, 0) is 0 Å². The van der Waals surface area contributed by atoms with E-state index in [9.17, 15) is 4.39 Å². The van der Waals surface area contributed by atoms with E-state index in [0.717, 1.165) is 12.3 Å². The molecule has 1 aliphatic heterocycles. The molecule has 1 aliphatic rings. The topological polar surface area (TPSA) is 24.4 Å². The second-order valence-corrected chi connectivity index (χ2v) is 4.98. The Labute approximate surface area is 107 Å². The number of aliphatic imine (C=N–C) groups is 1. The van der Waals surface area contributed by atoms with Crippen LogP contribution in [0.1, 0.15) is 12.5 Å². The standard InChI is InChI=1S/C11H11BrClFN2/c1-6-11(16-3-2-15-6)8-4-7(13)5-9(12)10(8)14/h4-6,15H,2-3H2,1H3. The van der Waals surface area contributed by atoms with Gasteiger partial charge in [-0.1, -0.05) is 11.6 Å². The van der Waals surface area contributed by atoms with Crippen LogP contribution in [0.3, 0.4) is 0 Å². The van der Waals surface area contributed by atoms with Gasteiger partial charge < -0.3 is 5.32 Å². The number of nitrogens with one attached hydrogen (secondary N) is 1. The zero-order chi connectivity index (χ0) is 11.7. The van der Waals surface area contributed by atoms with E-state index >= 15 is 0 Å². The van der Waals surface area contributed by atoms with Crippen molar-refractivity contribution in [3.05, 3.63) is 33.0 Å². The smallest absolute Gasteiger partial charge is 0.146 e. The second-order valence-electron chi connectivity index (χ2n) is 3.69. The van der Waals surface area contributed by atoms with Gasteiger partial charge in [-0.3, -0.25) is 4.99 Å². The van der Waals surface area contributed by atoms with Crippen LogP contribution in [0.25, 0.3) is 0 Å². The lowest BCUT2D eigenvalue weighted by atomic mass is 10.0. The van der Waals surface area contributed by atoms with Gasteiger partial charge in [0.15, 0.2) is 0 Å². The second kappa shape index (κ2) is 4.82. The number of rotatable bonds is 1. The first kappa shape index (κ1) is 12.0. The summed E-state index contributed by atoms with van der Waals surface area (Å²) in [4.78, 5) is 4.36. The molecule has 1 atom stereocenters. The lowest BCUT2D eigenvalue weighted by Crippen LogP contribution is -2.40. The number of halogens is 3. The summed E-state index contributed by atoms with van der Waals surface area (Å²) in [6.07, 6.45) is 0. The Morgan fingerprint density at radius 2 is 2.31 bits per heavy atom. The third kappa shape index (κ3) is 2.29. The maximum Gasteiger partial charge on any atom is 0.146 e. The van der Waals surface area contributed by atoms with Crippen molar-refractivity contribution in [2.24, 2.45) is 4.99 Å². The summed E-state index contributed by atoms with van der Waals surface area (Å²) >= 11 is 9.07. The van der Waals surface area contributed by atoms with Crippen LogP contribution in [0.2, 0.25) is 5.02 Å². The Morgan fingerprint density at radius 3 is 3.00 bits per heavy atom. The molecule has 86 valence electrons. The van der Waals surface area contributed by atoms with Crippen molar-refractivity contribution in [2.45, 2.75) is 13.0 Å². The molecule has 5 heteroatoms. The maximum absolute atomic E-state index is 13.9. The average molecular weight is 306 g/mol. The predicted molar refractivity (Wildman–Crippen MR) is 68.0 cm³/mol. The molecule has 0 aromatic heterocycles. The first-order valence-corrected chi connectivity index (χ1v) is 6.19. The summed E-state index contributed by atoms with van der Waals surface area (Å²) in [7, 11) is 0. The quantitative estimate of drug-likeness (QED) is 0.793. The zero-order valence-electron chi connectivity index (χ0n) is 8.73. The van der Waals surface area contributed by atoms with Gasteiger partial charge in [-0.15, -0.1) is 0 Å². The van der Waals surface area contributed by atoms with Crippen LogP contribution in [0.15, 0.2) is 21.6 Å². The van der Waals surface area contributed by atoms with Gasteiger partial charge in [0.05, 0.1) is 16.7 Å². The average Bonchev–Trinajstić information content (AvgIpc) is 2.24. The Kier molecular flexibility index (Phi) is 3.62. The monoisotopic (exact) mass is 304 g/mol. The van der Waals surface area contributed by atoms with Crippen LogP contribution in [-0.4, -0.2) is 24.8 Å². The Morgan fingerprint density at radius 1 is 1.56 bits per heavy atom. The van der Waals surface area contributed by atoms with Crippen molar-refractivity contribution >= 4 is 33.2 Å². The highest BCUT2D eigenvalue weighted by Gasteiger charge is 2.20. The lowest BCUT2D eigenvalue weighted by Gasteiger charge is -2.22. The van der Waals surface area contributed by atoms with Gasteiger partial charge in [-0.2, -0.15) is 0 Å². The first-order chi connectivity index (χ1) is 7.59. The number of hydrogen-bond donors (Lipinski definition) is 1. The van der Waals surface area contributed by atoms with Crippen molar-refractivity contribution in [3.63, 3.8) is 0 Å². The molecular weight excluding hydrogens is 294 g/mol. The number of hydrogen-bond acceptors (Lipinski definition) is 2. The highest BCUT2D eigenvalue weighted by Crippen LogP contribution is 2.25. The van der Waals surface area contributed by atoms with E-state index in [1.54, 1.807) is 12.1 Å². The molecule has 1 N–H and O–H groups in total. The van der Waals surface area contributed by atoms with E-state index in [-0.39, 0.29) is 11.9 Å². The zero-order valence-corrected chi connectivity index (χ0v) is 11.1. The van der Waals surface area contributed by atoms with Gasteiger partial charge in [0.2, 0.25) is 0 Å². The third-order valence-corrected chi connectivity index (χ3v) is 3.32. The van der Waals surface area contributed by atoms with E-state index in [0.29, 0.717) is 21.6 Å². The Bertz CT molecular complexity index is 448. The van der Waals surface area contributed by atoms with Gasteiger partial charge in [-0.05, 0) is 35.0 Å². The highest BCUT2D eigenvalue weighted by molar-refractivity contribution is 9.10. The number of benzene rings is 1. The maximum atomic E-state index is 13.9. The van der Waals surface area contributed by atoms with E-state index in [2.05, 4.69) is 26.2 Å². The molecule has 0 spiro atoms. The molecular formula is C11H11BrClFN2. The van der Waals surface area contributed by atoms with E-state index in [4.69, 9.17) is 11.6 Å². The minimum absolute atomic E-state index is 0.0496. The van der Waals surface area contributed by atoms with Gasteiger partial charge in [0.25, 0.3) is 0 Å². The van der Waals surface area contributed by atoms with E-state index < -0.39 is 0 Å². The molecule has 0 aliphatic carbocycles. The van der Waals surface area contributed by atoms with Gasteiger partial charge >= 0.3 is 0 Å². The van der Waals surface area contributed by atoms with Crippen molar-refractivity contribution in [3.8, 4) is 0 Å². The van der Waals surface area contributed by atoms with Crippen LogP contribution >= 0.6 is 27.5 Å². The van der Waals surface area contributed by atoms with Gasteiger partial charge in [0.1, 0.15) is 5.82 Å². The fourth-order valence-corrected chi connectivity index (χ4v) is 2.56. The largest absolute Gasteiger partial charge is 0.307 e. The Balaban J connectivity index is 2.51. The Hall–Kier alpha value is -0.450. The molecule has 0 saturated heterocycles. The number of nitrogens with zero attached hydrogens (tertiary/aromatic N) is 1. The van der Waals surface area contributed by atoms with Crippen LogP contribution < -0.4 is 5.32 Å². The molecule has 0 bridgehead atoms. The van der Waals surface area contributed by atoms with Crippen LogP contribution in [0.4, 0.5) is 4.39 Å². The van der Waals surface area contributed by atoms with Gasteiger partial charge in [-0.25, -0.2) is 4.39 Å².